The van der Waals surface area contributed by atoms with E-state index in [1.165, 1.54) is 7.11 Å². The molecular weight excluding hydrogens is 1470 g/mol. The maximum atomic E-state index is 13.8. The second-order valence-electron chi connectivity index (χ2n) is 11.9. The third kappa shape index (κ3) is 14.4. The minimum absolute atomic E-state index is 0.00924. The molecule has 0 bridgehead atoms. The van der Waals surface area contributed by atoms with Crippen LogP contribution in [0.1, 0.15) is 41.4 Å². The number of hydrogen-bond acceptors (Lipinski definition) is 15. The van der Waals surface area contributed by atoms with Crippen molar-refractivity contribution in [3.05, 3.63) is 43.7 Å². The molecule has 0 radical (unpaired) electrons. The van der Waals surface area contributed by atoms with Crippen LogP contribution in [0.5, 0.6) is 0 Å². The lowest BCUT2D eigenvalue weighted by Crippen LogP contribution is -2.48. The molecule has 2 aromatic carbocycles. The molecule has 0 saturated heterocycles. The van der Waals surface area contributed by atoms with Gasteiger partial charge in [0.1, 0.15) is 6.61 Å². The quantitative estimate of drug-likeness (QED) is 0.0616. The Labute approximate surface area is 417 Å². The number of halogens is 6. The van der Waals surface area contributed by atoms with E-state index < -0.39 is 105 Å². The number of amides is 6. The number of rotatable bonds is 21. The Balaban J connectivity index is 2.64. The molecular formula is C32H38I6N6O15. The second kappa shape index (κ2) is 26.2. The lowest BCUT2D eigenvalue weighted by molar-refractivity contribution is -0.119. The summed E-state index contributed by atoms with van der Waals surface area (Å²) in [5, 5.41) is 92.3. The van der Waals surface area contributed by atoms with Crippen molar-refractivity contribution in [1.82, 2.24) is 21.3 Å². The molecule has 14 N–H and O–H groups in total. The number of nitrogens with one attached hydrogen (secondary N) is 6. The highest BCUT2D eigenvalue weighted by Crippen LogP contribution is 2.37. The van der Waals surface area contributed by atoms with E-state index in [2.05, 4.69) is 31.9 Å². The molecule has 328 valence electrons. The van der Waals surface area contributed by atoms with E-state index in [1.807, 2.05) is 0 Å². The van der Waals surface area contributed by atoms with Crippen molar-refractivity contribution in [2.45, 2.75) is 30.4 Å². The van der Waals surface area contributed by atoms with Gasteiger partial charge in [0.15, 0.2) is 0 Å². The average molecular weight is 1510 g/mol. The van der Waals surface area contributed by atoms with E-state index >= 15 is 0 Å². The zero-order valence-electron chi connectivity index (χ0n) is 30.2. The summed E-state index contributed by atoms with van der Waals surface area (Å²) < 4.78 is 5.48. The lowest BCUT2D eigenvalue weighted by Gasteiger charge is -2.25. The maximum absolute atomic E-state index is 13.8. The van der Waals surface area contributed by atoms with E-state index in [1.54, 1.807) is 136 Å². The number of hydrogen-bond donors (Lipinski definition) is 14. The van der Waals surface area contributed by atoms with Crippen molar-refractivity contribution < 1.29 is 74.4 Å². The number of aliphatic hydroxyl groups is 8. The molecule has 0 aromatic heterocycles. The fourth-order valence-electron chi connectivity index (χ4n) is 4.71. The SMILES string of the molecule is COCC(=O)Nc1c(I)c(C(=O)NCC(=O)Nc2c(I)c(C(=O)NC(CO)C(O)CO)c(I)c(C(=O)NC(CO)C(O)CO)c2I)c(I)c(C(=O)NCC(O)CO)c1I. The Bertz CT molecular complexity index is 1850. The highest BCUT2D eigenvalue weighted by atomic mass is 127. The second-order valence-corrected chi connectivity index (χ2v) is 18.4. The molecule has 0 spiro atoms. The molecule has 0 aliphatic heterocycles. The van der Waals surface area contributed by atoms with Gasteiger partial charge in [0.2, 0.25) is 11.8 Å². The predicted molar refractivity (Wildman–Crippen MR) is 259 cm³/mol. The first-order valence-electron chi connectivity index (χ1n) is 16.5. The van der Waals surface area contributed by atoms with Crippen molar-refractivity contribution in [3.63, 3.8) is 0 Å². The molecule has 6 amide bonds. The summed E-state index contributed by atoms with van der Waals surface area (Å²) in [6.07, 6.45) is -4.45. The summed E-state index contributed by atoms with van der Waals surface area (Å²) in [6, 6.07) is -2.72. The van der Waals surface area contributed by atoms with Crippen molar-refractivity contribution >= 4 is 182 Å². The molecule has 0 fully saturated rings. The number of aliphatic hydroxyl groups excluding tert-OH is 8. The molecule has 0 heterocycles. The Morgan fingerprint density at radius 2 is 0.898 bits per heavy atom. The van der Waals surface area contributed by atoms with Crippen molar-refractivity contribution in [3.8, 4) is 0 Å². The van der Waals surface area contributed by atoms with Gasteiger partial charge in [-0.05, 0) is 136 Å². The van der Waals surface area contributed by atoms with Gasteiger partial charge in [-0.2, -0.15) is 0 Å². The first-order chi connectivity index (χ1) is 27.8. The monoisotopic (exact) mass is 1510 g/mol. The van der Waals surface area contributed by atoms with E-state index in [4.69, 9.17) is 4.74 Å². The highest BCUT2D eigenvalue weighted by molar-refractivity contribution is 14.1. The summed E-state index contributed by atoms with van der Waals surface area (Å²) >= 11 is 10.4. The minimum atomic E-state index is -1.58. The minimum Gasteiger partial charge on any atom is -0.394 e. The average Bonchev–Trinajstić information content (AvgIpc) is 3.19. The van der Waals surface area contributed by atoms with Gasteiger partial charge in [-0.1, -0.05) is 0 Å². The zero-order valence-corrected chi connectivity index (χ0v) is 43.2. The van der Waals surface area contributed by atoms with Gasteiger partial charge in [0.05, 0.1) is 118 Å². The number of anilines is 2. The van der Waals surface area contributed by atoms with Crippen LogP contribution in [0.3, 0.4) is 0 Å². The number of benzene rings is 2. The smallest absolute Gasteiger partial charge is 0.253 e. The molecule has 0 aliphatic carbocycles. The summed E-state index contributed by atoms with van der Waals surface area (Å²) in [4.78, 5) is 80.6. The standard InChI is InChI=1S/C32H38I6N6O15/c1-59-9-16(54)44-28-23(35)17(29(55)39-2-10(50)4-45)21(33)18(24(28)36)30(56)40-3-15(53)43-27-25(37)19(31(57)41-11(5-46)13(51)7-48)22(34)20(26(27)38)32(58)42-12(6-47)14(52)8-49/h10-14,45-52H,2-9H2,1H3,(H,39,55)(H,40,56)(H,41,57)(H,42,58)(H,43,53)(H,44,54). The van der Waals surface area contributed by atoms with Crippen LogP contribution in [-0.4, -0.2) is 167 Å². The number of carbonyl (C=O) groups excluding carboxylic acids is 6. The maximum Gasteiger partial charge on any atom is 0.253 e. The molecule has 2 rings (SSSR count). The molecule has 5 unspecified atom stereocenters. The van der Waals surface area contributed by atoms with Gasteiger partial charge in [0.25, 0.3) is 23.6 Å². The molecule has 5 atom stereocenters. The molecule has 21 nitrogen and oxygen atoms in total. The van der Waals surface area contributed by atoms with Crippen LogP contribution in [-0.2, 0) is 14.3 Å². The largest absolute Gasteiger partial charge is 0.394 e. The Hall–Kier alpha value is -0.720. The summed E-state index contributed by atoms with van der Waals surface area (Å²) in [5.41, 5.74) is -0.691. The first kappa shape index (κ1) is 54.4. The van der Waals surface area contributed by atoms with Crippen LogP contribution < -0.4 is 31.9 Å². The third-order valence-corrected chi connectivity index (χ3v) is 14.3. The number of carbonyl (C=O) groups is 6. The molecule has 27 heteroatoms. The van der Waals surface area contributed by atoms with Crippen LogP contribution in [0.2, 0.25) is 0 Å². The topological polar surface area (TPSA) is 346 Å². The van der Waals surface area contributed by atoms with E-state index in [9.17, 15) is 69.6 Å². The summed E-state index contributed by atoms with van der Waals surface area (Å²) in [7, 11) is 1.29. The predicted octanol–water partition coefficient (Wildman–Crippen LogP) is -1.76. The van der Waals surface area contributed by atoms with Crippen LogP contribution in [0.25, 0.3) is 0 Å². The van der Waals surface area contributed by atoms with Crippen molar-refractivity contribution in [2.24, 2.45) is 0 Å². The fraction of sp³-hybridized carbons (Fsp3) is 0.438. The molecule has 59 heavy (non-hydrogen) atoms. The van der Waals surface area contributed by atoms with Gasteiger partial charge < -0.3 is 77.5 Å². The lowest BCUT2D eigenvalue weighted by atomic mass is 10.1. The Morgan fingerprint density at radius 3 is 1.25 bits per heavy atom. The van der Waals surface area contributed by atoms with Gasteiger partial charge >= 0.3 is 0 Å². The zero-order chi connectivity index (χ0) is 44.9. The fourth-order valence-corrected chi connectivity index (χ4v) is 13.5. The van der Waals surface area contributed by atoms with Crippen LogP contribution in [0.15, 0.2) is 0 Å². The van der Waals surface area contributed by atoms with Crippen molar-refractivity contribution in [1.29, 1.82) is 0 Å². The van der Waals surface area contributed by atoms with Crippen LogP contribution in [0, 0.1) is 21.4 Å². The van der Waals surface area contributed by atoms with E-state index in [-0.39, 0.29) is 68.2 Å². The summed E-state index contributed by atoms with van der Waals surface area (Å²) in [5.74, 6) is -5.04. The van der Waals surface area contributed by atoms with Gasteiger partial charge in [-0.25, -0.2) is 0 Å². The summed E-state index contributed by atoms with van der Waals surface area (Å²) in [6.45, 7) is -5.33. The van der Waals surface area contributed by atoms with E-state index in [0.29, 0.717) is 0 Å². The van der Waals surface area contributed by atoms with Crippen LogP contribution in [0.4, 0.5) is 11.4 Å². The molecule has 2 aromatic rings. The van der Waals surface area contributed by atoms with Crippen molar-refractivity contribution in [2.75, 3.05) is 70.5 Å². The van der Waals surface area contributed by atoms with Crippen LogP contribution >= 0.6 is 136 Å². The number of ether oxygens (including phenoxy) is 1. The normalized spacial score (nSPS) is 13.7. The highest BCUT2D eigenvalue weighted by Gasteiger charge is 2.33. The van der Waals surface area contributed by atoms with E-state index in [0.717, 1.165) is 0 Å². The molecule has 0 aliphatic rings. The Morgan fingerprint density at radius 1 is 0.525 bits per heavy atom. The Kier molecular flexibility index (Phi) is 24.1. The first-order valence-corrected chi connectivity index (χ1v) is 23.0. The van der Waals surface area contributed by atoms with Gasteiger partial charge in [-0.15, -0.1) is 0 Å². The molecule has 0 saturated carbocycles. The van der Waals surface area contributed by atoms with Gasteiger partial charge in [-0.3, -0.25) is 28.8 Å². The van der Waals surface area contributed by atoms with Gasteiger partial charge in [0, 0.05) is 20.8 Å². The number of methoxy groups -OCH3 is 1. The third-order valence-electron chi connectivity index (χ3n) is 7.79.